The van der Waals surface area contributed by atoms with Crippen LogP contribution in [0, 0.1) is 0 Å². The highest BCUT2D eigenvalue weighted by molar-refractivity contribution is 8.00. The maximum Gasteiger partial charge on any atom is 0.0452 e. The van der Waals surface area contributed by atoms with E-state index in [1.807, 2.05) is 0 Å². The molecular formula is C16H24N2S. The Bertz CT molecular complexity index is 421. The normalized spacial score (nSPS) is 28.1. The molecule has 19 heavy (non-hydrogen) atoms. The maximum absolute atomic E-state index is 3.71. The zero-order chi connectivity index (χ0) is 13.1. The molecule has 2 nitrogen and oxygen atoms in total. The average Bonchev–Trinajstić information content (AvgIpc) is 2.48. The number of hydrogen-bond acceptors (Lipinski definition) is 3. The van der Waals surface area contributed by atoms with Gasteiger partial charge in [-0.15, -0.1) is 0 Å². The number of benzene rings is 1. The van der Waals surface area contributed by atoms with Gasteiger partial charge in [0.15, 0.2) is 0 Å². The van der Waals surface area contributed by atoms with Gasteiger partial charge in [0, 0.05) is 36.7 Å². The lowest BCUT2D eigenvalue weighted by Crippen LogP contribution is -2.44. The third-order valence-electron chi connectivity index (χ3n) is 4.33. The van der Waals surface area contributed by atoms with Gasteiger partial charge in [-0.05, 0) is 30.5 Å². The summed E-state index contributed by atoms with van der Waals surface area (Å²) in [7, 11) is 0. The van der Waals surface area contributed by atoms with Gasteiger partial charge in [0.1, 0.15) is 0 Å². The van der Waals surface area contributed by atoms with E-state index in [2.05, 4.69) is 53.2 Å². The minimum atomic E-state index is 0.533. The molecule has 2 atom stereocenters. The fourth-order valence-corrected chi connectivity index (χ4v) is 4.46. The van der Waals surface area contributed by atoms with E-state index < -0.39 is 0 Å². The standard InChI is InChI=1S/C16H24N2S/c1-2-14-11-18(9-10-19-14)12-16-15-6-4-3-5-13(15)7-8-17-16/h3-6,14,16-17H,2,7-12H2,1H3. The third kappa shape index (κ3) is 3.15. The molecule has 0 spiro atoms. The van der Waals surface area contributed by atoms with Crippen LogP contribution in [-0.2, 0) is 6.42 Å². The van der Waals surface area contributed by atoms with Crippen LogP contribution < -0.4 is 5.32 Å². The van der Waals surface area contributed by atoms with Crippen LogP contribution in [-0.4, -0.2) is 42.1 Å². The van der Waals surface area contributed by atoms with Crippen molar-refractivity contribution in [2.24, 2.45) is 0 Å². The summed E-state index contributed by atoms with van der Waals surface area (Å²) in [5.41, 5.74) is 3.07. The fourth-order valence-electron chi connectivity index (χ4n) is 3.21. The summed E-state index contributed by atoms with van der Waals surface area (Å²) in [5, 5.41) is 4.55. The molecule has 2 heterocycles. The average molecular weight is 276 g/mol. The van der Waals surface area contributed by atoms with Crippen LogP contribution in [0.1, 0.15) is 30.5 Å². The van der Waals surface area contributed by atoms with E-state index >= 15 is 0 Å². The monoisotopic (exact) mass is 276 g/mol. The van der Waals surface area contributed by atoms with Crippen LogP contribution in [0.15, 0.2) is 24.3 Å². The predicted molar refractivity (Wildman–Crippen MR) is 83.9 cm³/mol. The lowest BCUT2D eigenvalue weighted by atomic mass is 9.94. The summed E-state index contributed by atoms with van der Waals surface area (Å²) in [5.74, 6) is 1.30. The Balaban J connectivity index is 1.67. The first kappa shape index (κ1) is 13.5. The first-order chi connectivity index (χ1) is 9.36. The van der Waals surface area contributed by atoms with Crippen molar-refractivity contribution >= 4 is 11.8 Å². The number of rotatable bonds is 3. The molecule has 104 valence electrons. The van der Waals surface area contributed by atoms with E-state index in [9.17, 15) is 0 Å². The highest BCUT2D eigenvalue weighted by Crippen LogP contribution is 2.26. The van der Waals surface area contributed by atoms with Crippen molar-refractivity contribution in [2.75, 3.05) is 31.9 Å². The van der Waals surface area contributed by atoms with Gasteiger partial charge >= 0.3 is 0 Å². The smallest absolute Gasteiger partial charge is 0.0452 e. The van der Waals surface area contributed by atoms with Crippen molar-refractivity contribution < 1.29 is 0 Å². The summed E-state index contributed by atoms with van der Waals surface area (Å²) >= 11 is 2.15. The van der Waals surface area contributed by atoms with E-state index in [-0.39, 0.29) is 0 Å². The van der Waals surface area contributed by atoms with Crippen molar-refractivity contribution in [3.8, 4) is 0 Å². The Labute approximate surface area is 121 Å². The van der Waals surface area contributed by atoms with Gasteiger partial charge in [-0.1, -0.05) is 31.2 Å². The maximum atomic E-state index is 3.71. The number of nitrogens with zero attached hydrogens (tertiary/aromatic N) is 1. The zero-order valence-corrected chi connectivity index (χ0v) is 12.6. The molecule has 3 heteroatoms. The van der Waals surface area contributed by atoms with Crippen LogP contribution >= 0.6 is 11.8 Å². The Morgan fingerprint density at radius 2 is 2.26 bits per heavy atom. The predicted octanol–water partition coefficient (Wildman–Crippen LogP) is 2.70. The van der Waals surface area contributed by atoms with Crippen molar-refractivity contribution in [2.45, 2.75) is 31.1 Å². The van der Waals surface area contributed by atoms with Crippen molar-refractivity contribution in [1.82, 2.24) is 10.2 Å². The lowest BCUT2D eigenvalue weighted by molar-refractivity contribution is 0.245. The topological polar surface area (TPSA) is 15.3 Å². The molecule has 1 N–H and O–H groups in total. The van der Waals surface area contributed by atoms with E-state index in [0.29, 0.717) is 6.04 Å². The fraction of sp³-hybridized carbons (Fsp3) is 0.625. The van der Waals surface area contributed by atoms with Crippen LogP contribution in [0.2, 0.25) is 0 Å². The highest BCUT2D eigenvalue weighted by Gasteiger charge is 2.25. The van der Waals surface area contributed by atoms with Gasteiger partial charge in [-0.2, -0.15) is 11.8 Å². The molecule has 2 aliphatic rings. The van der Waals surface area contributed by atoms with E-state index in [1.165, 1.54) is 43.8 Å². The first-order valence-corrected chi connectivity index (χ1v) is 8.57. The molecular weight excluding hydrogens is 252 g/mol. The second kappa shape index (κ2) is 6.29. The number of nitrogens with one attached hydrogen (secondary N) is 1. The summed E-state index contributed by atoms with van der Waals surface area (Å²) < 4.78 is 0. The molecule has 1 fully saturated rings. The lowest BCUT2D eigenvalue weighted by Gasteiger charge is -2.36. The summed E-state index contributed by atoms with van der Waals surface area (Å²) in [6.07, 6.45) is 2.48. The van der Waals surface area contributed by atoms with Gasteiger partial charge in [0.2, 0.25) is 0 Å². The number of thioether (sulfide) groups is 1. The molecule has 0 aliphatic carbocycles. The molecule has 0 aromatic heterocycles. The molecule has 2 aliphatic heterocycles. The SMILES string of the molecule is CCC1CN(CC2NCCc3ccccc32)CCS1. The third-order valence-corrected chi connectivity index (χ3v) is 5.71. The molecule has 1 aromatic carbocycles. The molecule has 0 radical (unpaired) electrons. The molecule has 0 bridgehead atoms. The summed E-state index contributed by atoms with van der Waals surface area (Å²) in [6.45, 7) is 7.13. The Morgan fingerprint density at radius 1 is 1.37 bits per heavy atom. The molecule has 3 rings (SSSR count). The zero-order valence-electron chi connectivity index (χ0n) is 11.8. The Hall–Kier alpha value is -0.510. The molecule has 0 amide bonds. The number of hydrogen-bond donors (Lipinski definition) is 1. The molecule has 2 unspecified atom stereocenters. The van der Waals surface area contributed by atoms with Crippen LogP contribution in [0.4, 0.5) is 0 Å². The van der Waals surface area contributed by atoms with Gasteiger partial charge in [0.25, 0.3) is 0 Å². The number of fused-ring (bicyclic) bond motifs is 1. The van der Waals surface area contributed by atoms with Gasteiger partial charge in [-0.25, -0.2) is 0 Å². The minimum absolute atomic E-state index is 0.533. The second-order valence-corrected chi connectivity index (χ2v) is 7.02. The van der Waals surface area contributed by atoms with E-state index in [4.69, 9.17) is 0 Å². The molecule has 0 saturated carbocycles. The molecule has 1 saturated heterocycles. The quantitative estimate of drug-likeness (QED) is 0.914. The van der Waals surface area contributed by atoms with Gasteiger partial charge in [-0.3, -0.25) is 4.90 Å². The van der Waals surface area contributed by atoms with Gasteiger partial charge < -0.3 is 5.32 Å². The van der Waals surface area contributed by atoms with E-state index in [1.54, 1.807) is 5.56 Å². The van der Waals surface area contributed by atoms with Crippen molar-refractivity contribution in [3.63, 3.8) is 0 Å². The van der Waals surface area contributed by atoms with E-state index in [0.717, 1.165) is 11.8 Å². The van der Waals surface area contributed by atoms with Crippen LogP contribution in [0.25, 0.3) is 0 Å². The van der Waals surface area contributed by atoms with Crippen molar-refractivity contribution in [1.29, 1.82) is 0 Å². The Morgan fingerprint density at radius 3 is 3.16 bits per heavy atom. The highest BCUT2D eigenvalue weighted by atomic mass is 32.2. The Kier molecular flexibility index (Phi) is 4.46. The summed E-state index contributed by atoms with van der Waals surface area (Å²) in [6, 6.07) is 9.49. The minimum Gasteiger partial charge on any atom is -0.309 e. The second-order valence-electron chi connectivity index (χ2n) is 5.62. The first-order valence-electron chi connectivity index (χ1n) is 7.52. The van der Waals surface area contributed by atoms with Crippen molar-refractivity contribution in [3.05, 3.63) is 35.4 Å². The van der Waals surface area contributed by atoms with Crippen LogP contribution in [0.3, 0.4) is 0 Å². The van der Waals surface area contributed by atoms with Crippen LogP contribution in [0.5, 0.6) is 0 Å². The molecule has 1 aromatic rings. The van der Waals surface area contributed by atoms with Gasteiger partial charge in [0.05, 0.1) is 0 Å². The largest absolute Gasteiger partial charge is 0.309 e. The summed E-state index contributed by atoms with van der Waals surface area (Å²) in [4.78, 5) is 2.66.